The first-order valence-corrected chi connectivity index (χ1v) is 7.20. The zero-order valence-corrected chi connectivity index (χ0v) is 12.4. The highest BCUT2D eigenvalue weighted by molar-refractivity contribution is 7.15. The van der Waals surface area contributed by atoms with E-state index >= 15 is 0 Å². The molecule has 18 heavy (non-hydrogen) atoms. The monoisotopic (exact) mass is 277 g/mol. The summed E-state index contributed by atoms with van der Waals surface area (Å²) in [4.78, 5) is 7.06. The number of aryl methyl sites for hydroxylation is 2. The van der Waals surface area contributed by atoms with Gasteiger partial charge in [-0.25, -0.2) is 0 Å². The summed E-state index contributed by atoms with van der Waals surface area (Å²) in [6, 6.07) is 6.42. The number of aromatic nitrogens is 1. The van der Waals surface area contributed by atoms with Crippen LogP contribution in [-0.4, -0.2) is 4.98 Å². The standard InChI is InChI=1S/C15H16ClNS/c1-4-5-13(16)15-10(2)8-12(9-17-15)14-7-6-11(3)18-14/h5-9H,4H2,1-3H3/b13-5+. The second kappa shape index (κ2) is 5.68. The van der Waals surface area contributed by atoms with Gasteiger partial charge in [0.15, 0.2) is 0 Å². The SMILES string of the molecule is CC/C=C(/Cl)c1ncc(-c2ccc(C)s2)cc1C. The fraction of sp³-hybridized carbons (Fsp3) is 0.267. The van der Waals surface area contributed by atoms with E-state index in [9.17, 15) is 0 Å². The van der Waals surface area contributed by atoms with Gasteiger partial charge in [0.1, 0.15) is 0 Å². The topological polar surface area (TPSA) is 12.9 Å². The lowest BCUT2D eigenvalue weighted by Gasteiger charge is -2.05. The minimum Gasteiger partial charge on any atom is -0.254 e. The van der Waals surface area contributed by atoms with Crippen LogP contribution in [0.15, 0.2) is 30.5 Å². The Morgan fingerprint density at radius 3 is 2.72 bits per heavy atom. The quantitative estimate of drug-likeness (QED) is 0.730. The maximum absolute atomic E-state index is 6.22. The van der Waals surface area contributed by atoms with Crippen LogP contribution in [0.5, 0.6) is 0 Å². The number of halogens is 1. The molecule has 0 N–H and O–H groups in total. The molecule has 0 amide bonds. The molecule has 2 heterocycles. The Bertz CT molecular complexity index is 584. The Balaban J connectivity index is 2.39. The van der Waals surface area contributed by atoms with E-state index in [1.807, 2.05) is 12.3 Å². The van der Waals surface area contributed by atoms with Crippen LogP contribution in [0.2, 0.25) is 0 Å². The largest absolute Gasteiger partial charge is 0.254 e. The number of hydrogen-bond donors (Lipinski definition) is 0. The summed E-state index contributed by atoms with van der Waals surface area (Å²) in [6.45, 7) is 6.24. The molecule has 0 aliphatic rings. The third kappa shape index (κ3) is 2.82. The van der Waals surface area contributed by atoms with Crippen LogP contribution >= 0.6 is 22.9 Å². The van der Waals surface area contributed by atoms with Gasteiger partial charge < -0.3 is 0 Å². The van der Waals surface area contributed by atoms with Crippen molar-refractivity contribution in [2.45, 2.75) is 27.2 Å². The molecule has 94 valence electrons. The van der Waals surface area contributed by atoms with Gasteiger partial charge in [-0.05, 0) is 44.0 Å². The number of allylic oxidation sites excluding steroid dienone is 1. The molecule has 0 aliphatic heterocycles. The molecule has 0 fully saturated rings. The predicted octanol–water partition coefficient (Wildman–Crippen LogP) is 5.42. The Morgan fingerprint density at radius 2 is 2.17 bits per heavy atom. The average molecular weight is 278 g/mol. The molecule has 0 spiro atoms. The normalized spacial score (nSPS) is 11.9. The molecule has 2 aromatic rings. The van der Waals surface area contributed by atoms with Crippen LogP contribution in [0, 0.1) is 13.8 Å². The fourth-order valence-corrected chi connectivity index (χ4v) is 3.03. The van der Waals surface area contributed by atoms with Crippen LogP contribution in [0.3, 0.4) is 0 Å². The zero-order valence-electron chi connectivity index (χ0n) is 10.8. The predicted molar refractivity (Wildman–Crippen MR) is 81.1 cm³/mol. The third-order valence-corrected chi connectivity index (χ3v) is 4.10. The van der Waals surface area contributed by atoms with E-state index in [-0.39, 0.29) is 0 Å². The molecule has 0 atom stereocenters. The number of rotatable bonds is 3. The fourth-order valence-electron chi connectivity index (χ4n) is 1.83. The molecule has 0 unspecified atom stereocenters. The molecule has 0 aromatic carbocycles. The lowest BCUT2D eigenvalue weighted by atomic mass is 10.1. The molecule has 2 rings (SSSR count). The van der Waals surface area contributed by atoms with Crippen LogP contribution in [0.25, 0.3) is 15.5 Å². The van der Waals surface area contributed by atoms with Gasteiger partial charge in [-0.2, -0.15) is 0 Å². The first kappa shape index (κ1) is 13.3. The first-order chi connectivity index (χ1) is 8.61. The van der Waals surface area contributed by atoms with Crippen LogP contribution in [-0.2, 0) is 0 Å². The molecular weight excluding hydrogens is 262 g/mol. The highest BCUT2D eigenvalue weighted by atomic mass is 35.5. The van der Waals surface area contributed by atoms with Crippen molar-refractivity contribution in [1.82, 2.24) is 4.98 Å². The maximum Gasteiger partial charge on any atom is 0.0842 e. The summed E-state index contributed by atoms with van der Waals surface area (Å²) in [6.07, 6.45) is 4.82. The van der Waals surface area contributed by atoms with Crippen LogP contribution in [0.1, 0.15) is 29.5 Å². The van der Waals surface area contributed by atoms with E-state index in [0.717, 1.165) is 28.3 Å². The van der Waals surface area contributed by atoms with Gasteiger partial charge in [0.25, 0.3) is 0 Å². The molecule has 0 saturated heterocycles. The molecule has 1 nitrogen and oxygen atoms in total. The van der Waals surface area contributed by atoms with Gasteiger partial charge in [0.2, 0.25) is 0 Å². The van der Waals surface area contributed by atoms with E-state index in [2.05, 4.69) is 44.0 Å². The Morgan fingerprint density at radius 1 is 1.39 bits per heavy atom. The van der Waals surface area contributed by atoms with Gasteiger partial charge in [0.05, 0.1) is 10.7 Å². The number of thiophene rings is 1. The molecule has 0 aliphatic carbocycles. The van der Waals surface area contributed by atoms with Gasteiger partial charge in [-0.3, -0.25) is 4.98 Å². The summed E-state index contributed by atoms with van der Waals surface area (Å²) >= 11 is 8.00. The van der Waals surface area contributed by atoms with Crippen molar-refractivity contribution in [2.24, 2.45) is 0 Å². The van der Waals surface area contributed by atoms with Gasteiger partial charge >= 0.3 is 0 Å². The Labute approximate surface area is 117 Å². The summed E-state index contributed by atoms with van der Waals surface area (Å²) in [5, 5.41) is 0.740. The van der Waals surface area contributed by atoms with Crippen LogP contribution in [0.4, 0.5) is 0 Å². The molecule has 3 heteroatoms. The van der Waals surface area contributed by atoms with Crippen molar-refractivity contribution in [1.29, 1.82) is 0 Å². The van der Waals surface area contributed by atoms with Crippen molar-refractivity contribution in [3.8, 4) is 10.4 Å². The smallest absolute Gasteiger partial charge is 0.0842 e. The van der Waals surface area contributed by atoms with Gasteiger partial charge in [-0.1, -0.05) is 24.6 Å². The summed E-state index contributed by atoms with van der Waals surface area (Å²) in [7, 11) is 0. The summed E-state index contributed by atoms with van der Waals surface area (Å²) in [5.74, 6) is 0. The minimum atomic E-state index is 0.740. The van der Waals surface area contributed by atoms with E-state index in [4.69, 9.17) is 11.6 Å². The molecule has 2 aromatic heterocycles. The number of hydrogen-bond acceptors (Lipinski definition) is 2. The summed E-state index contributed by atoms with van der Waals surface area (Å²) in [5.41, 5.74) is 3.17. The number of nitrogens with zero attached hydrogens (tertiary/aromatic N) is 1. The molecule has 0 radical (unpaired) electrons. The van der Waals surface area contributed by atoms with Crippen molar-refractivity contribution >= 4 is 28.0 Å². The first-order valence-electron chi connectivity index (χ1n) is 6.01. The van der Waals surface area contributed by atoms with E-state index in [1.165, 1.54) is 9.75 Å². The second-order valence-corrected chi connectivity index (χ2v) is 5.96. The third-order valence-electron chi connectivity index (χ3n) is 2.71. The van der Waals surface area contributed by atoms with E-state index < -0.39 is 0 Å². The Hall–Kier alpha value is -1.12. The van der Waals surface area contributed by atoms with E-state index in [1.54, 1.807) is 11.3 Å². The molecule has 0 saturated carbocycles. The van der Waals surface area contributed by atoms with Gasteiger partial charge in [-0.15, -0.1) is 11.3 Å². The van der Waals surface area contributed by atoms with Crippen molar-refractivity contribution < 1.29 is 0 Å². The van der Waals surface area contributed by atoms with Crippen molar-refractivity contribution in [3.63, 3.8) is 0 Å². The lowest BCUT2D eigenvalue weighted by Crippen LogP contribution is -1.90. The van der Waals surface area contributed by atoms with E-state index in [0.29, 0.717) is 0 Å². The Kier molecular flexibility index (Phi) is 4.20. The van der Waals surface area contributed by atoms with Crippen molar-refractivity contribution in [3.05, 3.63) is 46.6 Å². The summed E-state index contributed by atoms with van der Waals surface area (Å²) < 4.78 is 0. The highest BCUT2D eigenvalue weighted by Gasteiger charge is 2.07. The second-order valence-electron chi connectivity index (χ2n) is 4.26. The maximum atomic E-state index is 6.22. The van der Waals surface area contributed by atoms with Crippen molar-refractivity contribution in [2.75, 3.05) is 0 Å². The number of pyridine rings is 1. The average Bonchev–Trinajstić information content (AvgIpc) is 2.76. The van der Waals surface area contributed by atoms with Crippen LogP contribution < -0.4 is 0 Å². The highest BCUT2D eigenvalue weighted by Crippen LogP contribution is 2.30. The minimum absolute atomic E-state index is 0.740. The molecular formula is C15H16ClNS. The molecule has 0 bridgehead atoms. The zero-order chi connectivity index (χ0) is 13.1. The lowest BCUT2D eigenvalue weighted by molar-refractivity contribution is 1.20. The van der Waals surface area contributed by atoms with Gasteiger partial charge in [0, 0.05) is 21.5 Å².